The molecule has 0 atom stereocenters. The lowest BCUT2D eigenvalue weighted by molar-refractivity contribution is 0.0523. The maximum Gasteiger partial charge on any atom is 0.407 e. The minimum Gasteiger partial charge on any atom is -0.444 e. The first-order chi connectivity index (χ1) is 17.9. The fraction of sp³-hybridized carbons (Fsp3) is 0.533. The number of nitrogens with one attached hydrogen (secondary N) is 2. The molecule has 0 saturated carbocycles. The Bertz CT molecular complexity index is 1160. The van der Waals surface area contributed by atoms with Gasteiger partial charge in [-0.25, -0.2) is 14.8 Å². The minimum absolute atomic E-state index is 0.400. The Morgan fingerprint density at radius 1 is 1.11 bits per heavy atom. The summed E-state index contributed by atoms with van der Waals surface area (Å²) < 4.78 is 7.38. The lowest BCUT2D eigenvalue weighted by Gasteiger charge is -2.20. The average molecular weight is 523 g/mol. The van der Waals surface area contributed by atoms with E-state index in [0.717, 1.165) is 47.6 Å². The summed E-state index contributed by atoms with van der Waals surface area (Å²) in [5, 5.41) is 10.8. The monoisotopic (exact) mass is 522 g/mol. The van der Waals surface area contributed by atoms with Crippen molar-refractivity contribution >= 4 is 17.9 Å². The van der Waals surface area contributed by atoms with E-state index in [1.54, 1.807) is 6.20 Å². The van der Waals surface area contributed by atoms with E-state index in [0.29, 0.717) is 18.4 Å². The van der Waals surface area contributed by atoms with Crippen LogP contribution in [0, 0.1) is 12.8 Å². The van der Waals surface area contributed by atoms with Crippen molar-refractivity contribution in [1.82, 2.24) is 25.1 Å². The third-order valence-electron chi connectivity index (χ3n) is 5.50. The number of benzene rings is 1. The molecule has 2 aromatic heterocycles. The molecule has 0 spiro atoms. The summed E-state index contributed by atoms with van der Waals surface area (Å²) in [6.45, 7) is 19.7. The van der Waals surface area contributed by atoms with Gasteiger partial charge in [-0.15, -0.1) is 0 Å². The van der Waals surface area contributed by atoms with Gasteiger partial charge in [-0.05, 0) is 69.7 Å². The van der Waals surface area contributed by atoms with Crippen LogP contribution in [0.3, 0.4) is 0 Å². The van der Waals surface area contributed by atoms with Crippen LogP contribution in [0.15, 0.2) is 36.5 Å². The van der Waals surface area contributed by atoms with E-state index < -0.39 is 11.7 Å². The molecule has 0 aliphatic carbocycles. The van der Waals surface area contributed by atoms with E-state index in [1.165, 1.54) is 12.1 Å². The molecule has 0 bridgehead atoms. The largest absolute Gasteiger partial charge is 0.444 e. The van der Waals surface area contributed by atoms with Crippen molar-refractivity contribution in [3.63, 3.8) is 0 Å². The number of ether oxygens (including phenoxy) is 1. The number of aryl methyl sites for hydroxylation is 3. The maximum absolute atomic E-state index is 12.0. The third-order valence-corrected chi connectivity index (χ3v) is 5.50. The van der Waals surface area contributed by atoms with E-state index in [-0.39, 0.29) is 0 Å². The zero-order chi connectivity index (χ0) is 28.3. The molecule has 2 heterocycles. The fourth-order valence-electron chi connectivity index (χ4n) is 3.60. The van der Waals surface area contributed by atoms with E-state index in [1.807, 2.05) is 45.9 Å². The predicted molar refractivity (Wildman–Crippen MR) is 156 cm³/mol. The van der Waals surface area contributed by atoms with Crippen LogP contribution in [0.25, 0.3) is 11.3 Å². The van der Waals surface area contributed by atoms with Gasteiger partial charge in [0.25, 0.3) is 0 Å². The normalized spacial score (nSPS) is 11.1. The maximum atomic E-state index is 12.0. The second-order valence-electron chi connectivity index (χ2n) is 10.9. The van der Waals surface area contributed by atoms with Crippen LogP contribution in [-0.4, -0.2) is 31.4 Å². The van der Waals surface area contributed by atoms with Gasteiger partial charge >= 0.3 is 6.09 Å². The summed E-state index contributed by atoms with van der Waals surface area (Å²) in [5.41, 5.74) is 4.54. The van der Waals surface area contributed by atoms with E-state index in [9.17, 15) is 4.79 Å². The molecule has 0 fully saturated rings. The molecule has 0 aliphatic heterocycles. The van der Waals surface area contributed by atoms with Gasteiger partial charge in [-0.3, -0.25) is 4.68 Å². The molecule has 0 aliphatic rings. The van der Waals surface area contributed by atoms with Gasteiger partial charge < -0.3 is 15.4 Å². The summed E-state index contributed by atoms with van der Waals surface area (Å²) >= 11 is 0. The lowest BCUT2D eigenvalue weighted by atomic mass is 10.0. The average Bonchev–Trinajstić information content (AvgIpc) is 3.23. The first-order valence-electron chi connectivity index (χ1n) is 13.7. The van der Waals surface area contributed by atoms with Crippen LogP contribution in [0.5, 0.6) is 0 Å². The van der Waals surface area contributed by atoms with Gasteiger partial charge in [-0.2, -0.15) is 5.10 Å². The van der Waals surface area contributed by atoms with E-state index >= 15 is 0 Å². The van der Waals surface area contributed by atoms with Crippen molar-refractivity contribution in [2.75, 3.05) is 5.32 Å². The number of aromatic nitrogens is 4. The SMILES string of the molecule is CCC.CCc1cc(Nc2nccc(-c3ccc(CNC(=O)OC(C)(C)C)c(C)c3)n2)nn1CCC(C)C. The highest BCUT2D eigenvalue weighted by Gasteiger charge is 2.16. The molecule has 1 amide bonds. The summed E-state index contributed by atoms with van der Waals surface area (Å²) in [4.78, 5) is 21.0. The van der Waals surface area contributed by atoms with Crippen molar-refractivity contribution in [2.45, 2.75) is 100 Å². The number of carbonyl (C=O) groups is 1. The Morgan fingerprint density at radius 3 is 2.42 bits per heavy atom. The number of carbonyl (C=O) groups excluding carboxylic acids is 1. The number of hydrogen-bond donors (Lipinski definition) is 2. The van der Waals surface area contributed by atoms with Crippen LogP contribution < -0.4 is 10.6 Å². The van der Waals surface area contributed by atoms with Crippen LogP contribution in [-0.2, 0) is 24.2 Å². The second kappa shape index (κ2) is 14.5. The van der Waals surface area contributed by atoms with Gasteiger partial charge in [0.05, 0.1) is 5.69 Å². The van der Waals surface area contributed by atoms with Crippen LogP contribution in [0.1, 0.15) is 85.1 Å². The van der Waals surface area contributed by atoms with Crippen LogP contribution >= 0.6 is 0 Å². The molecule has 2 N–H and O–H groups in total. The fourth-order valence-corrected chi connectivity index (χ4v) is 3.60. The van der Waals surface area contributed by atoms with E-state index in [2.05, 4.69) is 67.1 Å². The predicted octanol–water partition coefficient (Wildman–Crippen LogP) is 7.44. The highest BCUT2D eigenvalue weighted by molar-refractivity contribution is 5.68. The van der Waals surface area contributed by atoms with Crippen molar-refractivity contribution in [3.05, 3.63) is 53.3 Å². The molecule has 38 heavy (non-hydrogen) atoms. The smallest absolute Gasteiger partial charge is 0.407 e. The molecule has 8 nitrogen and oxygen atoms in total. The Hall–Kier alpha value is -3.42. The standard InChI is InChI=1S/C27H38N6O2.C3H8/c1-8-22-16-24(32-33(22)14-12-18(2)3)31-25-28-13-11-23(30-25)20-9-10-21(19(4)15-20)17-29-26(34)35-27(5,6)7;1-3-2/h9-11,13,15-16,18H,8,12,14,17H2,1-7H3,(H,29,34)(H,28,30,31,32);3H2,1-2H3. The molecule has 8 heteroatoms. The second-order valence-corrected chi connectivity index (χ2v) is 10.9. The van der Waals surface area contributed by atoms with E-state index in [4.69, 9.17) is 14.8 Å². The molecule has 3 rings (SSSR count). The number of alkyl carbamates (subject to hydrolysis) is 1. The first-order valence-corrected chi connectivity index (χ1v) is 13.7. The quantitative estimate of drug-likeness (QED) is 0.303. The minimum atomic E-state index is -0.522. The highest BCUT2D eigenvalue weighted by Crippen LogP contribution is 2.23. The number of hydrogen-bond acceptors (Lipinski definition) is 6. The van der Waals surface area contributed by atoms with Crippen LogP contribution in [0.2, 0.25) is 0 Å². The Kier molecular flexibility index (Phi) is 11.8. The zero-order valence-corrected chi connectivity index (χ0v) is 24.7. The summed E-state index contributed by atoms with van der Waals surface area (Å²) in [6, 6.07) is 10.0. The number of rotatable bonds is 9. The summed E-state index contributed by atoms with van der Waals surface area (Å²) in [7, 11) is 0. The molecule has 3 aromatic rings. The summed E-state index contributed by atoms with van der Waals surface area (Å²) in [5.74, 6) is 1.89. The Morgan fingerprint density at radius 2 is 1.82 bits per heavy atom. The number of amides is 1. The van der Waals surface area contributed by atoms with Crippen LogP contribution in [0.4, 0.5) is 16.6 Å². The van der Waals surface area contributed by atoms with Gasteiger partial charge in [0.1, 0.15) is 5.60 Å². The topological polar surface area (TPSA) is 94.0 Å². The number of anilines is 2. The molecule has 0 radical (unpaired) electrons. The Labute approximate surface area is 228 Å². The lowest BCUT2D eigenvalue weighted by Crippen LogP contribution is -2.32. The van der Waals surface area contributed by atoms with Crippen molar-refractivity contribution in [3.8, 4) is 11.3 Å². The zero-order valence-electron chi connectivity index (χ0n) is 24.7. The molecule has 208 valence electrons. The van der Waals surface area contributed by atoms with Crippen molar-refractivity contribution in [1.29, 1.82) is 0 Å². The first kappa shape index (κ1) is 30.8. The number of nitrogens with zero attached hydrogens (tertiary/aromatic N) is 4. The van der Waals surface area contributed by atoms with Gasteiger partial charge in [0.2, 0.25) is 5.95 Å². The molecule has 1 aromatic carbocycles. The van der Waals surface area contributed by atoms with Gasteiger partial charge in [0.15, 0.2) is 5.82 Å². The molecule has 0 saturated heterocycles. The summed E-state index contributed by atoms with van der Waals surface area (Å²) in [6.07, 6.45) is 4.57. The van der Waals surface area contributed by atoms with Gasteiger partial charge in [-0.1, -0.05) is 53.2 Å². The molecular weight excluding hydrogens is 476 g/mol. The molecular formula is C30H46N6O2. The van der Waals surface area contributed by atoms with Crippen molar-refractivity contribution < 1.29 is 9.53 Å². The highest BCUT2D eigenvalue weighted by atomic mass is 16.6. The van der Waals surface area contributed by atoms with Crippen molar-refractivity contribution in [2.24, 2.45) is 5.92 Å². The van der Waals surface area contributed by atoms with Gasteiger partial charge in [0, 0.05) is 36.6 Å². The molecule has 0 unspecified atom stereocenters. The Balaban J connectivity index is 0.00000161. The third kappa shape index (κ3) is 10.1.